The number of benzene rings is 1. The van der Waals surface area contributed by atoms with Crippen LogP contribution in [0.25, 0.3) is 0 Å². The van der Waals surface area contributed by atoms with E-state index in [-0.39, 0.29) is 30.0 Å². The zero-order chi connectivity index (χ0) is 20.1. The Hall–Kier alpha value is -2.08. The van der Waals surface area contributed by atoms with Gasteiger partial charge >= 0.3 is 6.09 Å². The fraction of sp³-hybridized carbons (Fsp3) is 0.636. The summed E-state index contributed by atoms with van der Waals surface area (Å²) in [6, 6.07) is 8.51. The van der Waals surface area contributed by atoms with Gasteiger partial charge in [-0.15, -0.1) is 0 Å². The number of carbonyl (C=O) groups excluding carboxylic acids is 2. The summed E-state index contributed by atoms with van der Waals surface area (Å²) in [5.41, 5.74) is 2.72. The molecule has 0 bridgehead atoms. The molecule has 1 unspecified atom stereocenters. The lowest BCUT2D eigenvalue weighted by atomic mass is 9.94. The molecular weight excluding hydrogens is 354 g/mol. The molecule has 0 radical (unpaired) electrons. The third kappa shape index (κ3) is 4.85. The summed E-state index contributed by atoms with van der Waals surface area (Å²) in [6.07, 6.45) is 2.29. The predicted octanol–water partition coefficient (Wildman–Crippen LogP) is 2.81. The SMILES string of the molecule is CCOC(=O)N1CCC(NC(=O)C(C(C)C)N2CCc3ccccc3C2)CC1. The van der Waals surface area contributed by atoms with Crippen LogP contribution in [0.2, 0.25) is 0 Å². The number of fused-ring (bicyclic) bond motifs is 1. The van der Waals surface area contributed by atoms with Crippen molar-refractivity contribution in [2.24, 2.45) is 5.92 Å². The predicted molar refractivity (Wildman–Crippen MR) is 109 cm³/mol. The molecule has 1 aromatic carbocycles. The normalized spacial score (nSPS) is 19.2. The topological polar surface area (TPSA) is 61.9 Å². The minimum absolute atomic E-state index is 0.115. The van der Waals surface area contributed by atoms with Gasteiger partial charge in [0.05, 0.1) is 12.6 Å². The minimum Gasteiger partial charge on any atom is -0.450 e. The number of hydrogen-bond donors (Lipinski definition) is 1. The maximum absolute atomic E-state index is 13.1. The Kier molecular flexibility index (Phi) is 6.94. The molecule has 1 saturated heterocycles. The second-order valence-electron chi connectivity index (χ2n) is 8.15. The van der Waals surface area contributed by atoms with Crippen molar-refractivity contribution >= 4 is 12.0 Å². The highest BCUT2D eigenvalue weighted by Gasteiger charge is 2.33. The molecule has 6 heteroatoms. The van der Waals surface area contributed by atoms with Crippen LogP contribution in [0.1, 0.15) is 44.7 Å². The van der Waals surface area contributed by atoms with Crippen LogP contribution in [0.4, 0.5) is 4.79 Å². The van der Waals surface area contributed by atoms with E-state index in [2.05, 4.69) is 48.3 Å². The first-order chi connectivity index (χ1) is 13.5. The summed E-state index contributed by atoms with van der Waals surface area (Å²) >= 11 is 0. The molecule has 1 N–H and O–H groups in total. The molecule has 1 atom stereocenters. The van der Waals surface area contributed by atoms with Crippen LogP contribution < -0.4 is 5.32 Å². The second-order valence-corrected chi connectivity index (χ2v) is 8.15. The molecule has 28 heavy (non-hydrogen) atoms. The molecule has 0 aromatic heterocycles. The molecule has 0 aliphatic carbocycles. The Labute approximate surface area is 168 Å². The van der Waals surface area contributed by atoms with Crippen molar-refractivity contribution in [3.8, 4) is 0 Å². The first kappa shape index (κ1) is 20.6. The van der Waals surface area contributed by atoms with Crippen molar-refractivity contribution in [2.45, 2.75) is 58.7 Å². The lowest BCUT2D eigenvalue weighted by molar-refractivity contribution is -0.129. The molecule has 0 spiro atoms. The van der Waals surface area contributed by atoms with Crippen molar-refractivity contribution in [2.75, 3.05) is 26.2 Å². The molecule has 1 aromatic rings. The van der Waals surface area contributed by atoms with Crippen LogP contribution in [0, 0.1) is 5.92 Å². The molecule has 2 heterocycles. The lowest BCUT2D eigenvalue weighted by Crippen LogP contribution is -2.55. The van der Waals surface area contributed by atoms with E-state index in [9.17, 15) is 9.59 Å². The number of hydrogen-bond acceptors (Lipinski definition) is 4. The number of piperidine rings is 1. The number of carbonyl (C=O) groups is 2. The third-order valence-corrected chi connectivity index (χ3v) is 5.82. The molecule has 154 valence electrons. The summed E-state index contributed by atoms with van der Waals surface area (Å²) in [4.78, 5) is 29.0. The third-order valence-electron chi connectivity index (χ3n) is 5.82. The number of rotatable bonds is 5. The molecule has 0 saturated carbocycles. The van der Waals surface area contributed by atoms with Gasteiger partial charge < -0.3 is 15.0 Å². The van der Waals surface area contributed by atoms with Crippen LogP contribution in [0.3, 0.4) is 0 Å². The van der Waals surface area contributed by atoms with Gasteiger partial charge in [0.2, 0.25) is 5.91 Å². The van der Waals surface area contributed by atoms with Gasteiger partial charge in [0.1, 0.15) is 0 Å². The zero-order valence-electron chi connectivity index (χ0n) is 17.3. The summed E-state index contributed by atoms with van der Waals surface area (Å²) in [5.74, 6) is 0.355. The van der Waals surface area contributed by atoms with Crippen molar-refractivity contribution < 1.29 is 14.3 Å². The van der Waals surface area contributed by atoms with Gasteiger partial charge in [-0.2, -0.15) is 0 Å². The van der Waals surface area contributed by atoms with Gasteiger partial charge in [-0.3, -0.25) is 9.69 Å². The average Bonchev–Trinajstić information content (AvgIpc) is 2.68. The Morgan fingerprint density at radius 3 is 2.46 bits per heavy atom. The molecular formula is C22H33N3O3. The fourth-order valence-corrected chi connectivity index (χ4v) is 4.35. The van der Waals surface area contributed by atoms with E-state index in [1.807, 2.05) is 6.92 Å². The number of likely N-dealkylation sites (tertiary alicyclic amines) is 1. The van der Waals surface area contributed by atoms with Crippen LogP contribution >= 0.6 is 0 Å². The monoisotopic (exact) mass is 387 g/mol. The van der Waals surface area contributed by atoms with Crippen molar-refractivity contribution in [3.63, 3.8) is 0 Å². The molecule has 2 aliphatic rings. The van der Waals surface area contributed by atoms with Crippen molar-refractivity contribution in [1.82, 2.24) is 15.1 Å². The fourth-order valence-electron chi connectivity index (χ4n) is 4.35. The van der Waals surface area contributed by atoms with E-state index in [1.54, 1.807) is 4.90 Å². The molecule has 2 aliphatic heterocycles. The van der Waals surface area contributed by atoms with Gasteiger partial charge in [0.15, 0.2) is 0 Å². The van der Waals surface area contributed by atoms with Gasteiger partial charge in [-0.1, -0.05) is 38.1 Å². The Morgan fingerprint density at radius 1 is 1.14 bits per heavy atom. The average molecular weight is 388 g/mol. The summed E-state index contributed by atoms with van der Waals surface area (Å²) < 4.78 is 5.07. The van der Waals surface area contributed by atoms with Gasteiger partial charge in [-0.25, -0.2) is 4.79 Å². The lowest BCUT2D eigenvalue weighted by Gasteiger charge is -2.38. The Balaban J connectivity index is 1.57. The standard InChI is InChI=1S/C22H33N3O3/c1-4-28-22(27)24-13-10-19(11-14-24)23-21(26)20(16(2)3)25-12-9-17-7-5-6-8-18(17)15-25/h5-8,16,19-20H,4,9-15H2,1-3H3,(H,23,26). The largest absolute Gasteiger partial charge is 0.450 e. The van der Waals surface area contributed by atoms with E-state index in [1.165, 1.54) is 11.1 Å². The van der Waals surface area contributed by atoms with Crippen molar-refractivity contribution in [3.05, 3.63) is 35.4 Å². The van der Waals surface area contributed by atoms with Crippen LogP contribution in [-0.4, -0.2) is 60.1 Å². The van der Waals surface area contributed by atoms with Crippen molar-refractivity contribution in [1.29, 1.82) is 0 Å². The van der Waals surface area contributed by atoms with E-state index in [0.29, 0.717) is 19.7 Å². The smallest absolute Gasteiger partial charge is 0.409 e. The molecule has 6 nitrogen and oxygen atoms in total. The maximum Gasteiger partial charge on any atom is 0.409 e. The molecule has 3 rings (SSSR count). The summed E-state index contributed by atoms with van der Waals surface area (Å²) in [7, 11) is 0. The Bertz CT molecular complexity index is 683. The number of amides is 2. The van der Waals surface area contributed by atoms with Crippen LogP contribution in [-0.2, 0) is 22.5 Å². The first-order valence-electron chi connectivity index (χ1n) is 10.5. The quantitative estimate of drug-likeness (QED) is 0.844. The highest BCUT2D eigenvalue weighted by molar-refractivity contribution is 5.82. The van der Waals surface area contributed by atoms with E-state index in [4.69, 9.17) is 4.74 Å². The number of nitrogens with zero attached hydrogens (tertiary/aromatic N) is 2. The van der Waals surface area contributed by atoms with E-state index in [0.717, 1.165) is 32.4 Å². The van der Waals surface area contributed by atoms with Gasteiger partial charge in [-0.05, 0) is 43.2 Å². The van der Waals surface area contributed by atoms with Crippen LogP contribution in [0.15, 0.2) is 24.3 Å². The maximum atomic E-state index is 13.1. The van der Waals surface area contributed by atoms with Gasteiger partial charge in [0, 0.05) is 32.2 Å². The second kappa shape index (κ2) is 9.41. The highest BCUT2D eigenvalue weighted by Crippen LogP contribution is 2.23. The minimum atomic E-state index is -0.251. The summed E-state index contributed by atoms with van der Waals surface area (Å²) in [5, 5.41) is 3.25. The Morgan fingerprint density at radius 2 is 1.82 bits per heavy atom. The number of ether oxygens (including phenoxy) is 1. The molecule has 2 amide bonds. The van der Waals surface area contributed by atoms with E-state index >= 15 is 0 Å². The number of nitrogens with one attached hydrogen (secondary N) is 1. The first-order valence-corrected chi connectivity index (χ1v) is 10.5. The molecule has 1 fully saturated rings. The van der Waals surface area contributed by atoms with Crippen LogP contribution in [0.5, 0.6) is 0 Å². The van der Waals surface area contributed by atoms with E-state index < -0.39 is 0 Å². The van der Waals surface area contributed by atoms with Gasteiger partial charge in [0.25, 0.3) is 0 Å². The zero-order valence-corrected chi connectivity index (χ0v) is 17.3. The highest BCUT2D eigenvalue weighted by atomic mass is 16.6. The summed E-state index contributed by atoms with van der Waals surface area (Å²) in [6.45, 7) is 9.45.